The number of aromatic nitrogens is 3. The molecule has 1 fully saturated rings. The van der Waals surface area contributed by atoms with E-state index < -0.39 is 60.2 Å². The highest BCUT2D eigenvalue weighted by Crippen LogP contribution is 2.22. The average Bonchev–Trinajstić information content (AvgIpc) is 3.68. The number of carbonyl (C=O) groups excluding carboxylic acids is 3. The molecule has 1 saturated heterocycles. The Morgan fingerprint density at radius 1 is 1.07 bits per heavy atom. The van der Waals surface area contributed by atoms with Crippen LogP contribution in [0.5, 0.6) is 0 Å². The van der Waals surface area contributed by atoms with Crippen molar-refractivity contribution >= 4 is 40.6 Å². The van der Waals surface area contributed by atoms with Crippen LogP contribution in [0.1, 0.15) is 30.5 Å². The van der Waals surface area contributed by atoms with Gasteiger partial charge in [-0.2, -0.15) is 0 Å². The first-order valence-corrected chi connectivity index (χ1v) is 12.8. The number of imidazole rings is 1. The zero-order valence-electron chi connectivity index (χ0n) is 21.5. The predicted molar refractivity (Wildman–Crippen MR) is 141 cm³/mol. The number of hydrogen-bond donors (Lipinski definition) is 7. The zero-order chi connectivity index (χ0) is 28.8. The van der Waals surface area contributed by atoms with Gasteiger partial charge in [0.15, 0.2) is 0 Å². The molecule has 0 radical (unpaired) electrons. The summed E-state index contributed by atoms with van der Waals surface area (Å²) in [5, 5.41) is 24.9. The molecular formula is C26H31N7O7. The van der Waals surface area contributed by atoms with Gasteiger partial charge in [0.05, 0.1) is 18.8 Å². The average molecular weight is 554 g/mol. The first kappa shape index (κ1) is 28.3. The summed E-state index contributed by atoms with van der Waals surface area (Å²) in [6.07, 6.45) is 4.67. The Hall–Kier alpha value is -4.72. The van der Waals surface area contributed by atoms with Crippen molar-refractivity contribution < 1.29 is 34.2 Å². The van der Waals surface area contributed by atoms with Crippen LogP contribution in [0.15, 0.2) is 43.0 Å². The molecule has 14 heteroatoms. The molecule has 0 bridgehead atoms. The Morgan fingerprint density at radius 2 is 1.85 bits per heavy atom. The standard InChI is InChI=1S/C26H31N7O7/c27-17(9-15-12-28-13-30-15)23(36)31-19(10-22(34)35)25(38)33-7-3-6-21(33)24(37)32-20(26(39)40)8-14-11-29-18-5-2-1-4-16(14)18/h1-2,4-5,11-13,17,19-21,29H,3,6-10,27H2,(H,28,30)(H,31,36)(H,32,37)(H,34,35)(H,39,40). The number of nitrogens with two attached hydrogens (primary N) is 1. The summed E-state index contributed by atoms with van der Waals surface area (Å²) in [4.78, 5) is 73.7. The number of H-pyrrole nitrogens is 2. The van der Waals surface area contributed by atoms with Crippen molar-refractivity contribution in [3.63, 3.8) is 0 Å². The minimum atomic E-state index is -1.47. The van der Waals surface area contributed by atoms with E-state index in [9.17, 15) is 34.2 Å². The van der Waals surface area contributed by atoms with Crippen molar-refractivity contribution in [3.05, 3.63) is 54.2 Å². The van der Waals surface area contributed by atoms with Crippen LogP contribution in [0, 0.1) is 0 Å². The number of carbonyl (C=O) groups is 5. The number of amides is 3. The molecule has 8 N–H and O–H groups in total. The van der Waals surface area contributed by atoms with E-state index >= 15 is 0 Å². The smallest absolute Gasteiger partial charge is 0.326 e. The number of aromatic amines is 2. The van der Waals surface area contributed by atoms with Crippen molar-refractivity contribution in [2.45, 2.75) is 56.3 Å². The number of hydrogen-bond acceptors (Lipinski definition) is 7. The van der Waals surface area contributed by atoms with E-state index in [1.165, 1.54) is 17.4 Å². The van der Waals surface area contributed by atoms with Crippen LogP contribution in [-0.2, 0) is 36.8 Å². The van der Waals surface area contributed by atoms with E-state index in [0.29, 0.717) is 17.7 Å². The molecule has 212 valence electrons. The maximum Gasteiger partial charge on any atom is 0.326 e. The molecule has 4 unspecified atom stereocenters. The predicted octanol–water partition coefficient (Wildman–Crippen LogP) is -0.477. The fourth-order valence-electron chi connectivity index (χ4n) is 4.87. The number of fused-ring (bicyclic) bond motifs is 1. The minimum absolute atomic E-state index is 0.0116. The lowest BCUT2D eigenvalue weighted by Gasteiger charge is -2.29. The van der Waals surface area contributed by atoms with Crippen molar-refractivity contribution in [1.29, 1.82) is 0 Å². The Labute approximate surface area is 228 Å². The quantitative estimate of drug-likeness (QED) is 0.154. The normalized spacial score (nSPS) is 17.2. The Morgan fingerprint density at radius 3 is 2.55 bits per heavy atom. The van der Waals surface area contributed by atoms with Gasteiger partial charge < -0.3 is 41.4 Å². The van der Waals surface area contributed by atoms with Gasteiger partial charge in [0.2, 0.25) is 17.7 Å². The molecule has 1 aliphatic heterocycles. The van der Waals surface area contributed by atoms with Crippen LogP contribution in [0.4, 0.5) is 0 Å². The van der Waals surface area contributed by atoms with E-state index in [2.05, 4.69) is 25.6 Å². The van der Waals surface area contributed by atoms with Crippen LogP contribution in [0.3, 0.4) is 0 Å². The lowest BCUT2D eigenvalue weighted by Crippen LogP contribution is -2.57. The van der Waals surface area contributed by atoms with Crippen LogP contribution < -0.4 is 16.4 Å². The molecule has 40 heavy (non-hydrogen) atoms. The number of carboxylic acids is 2. The second-order valence-corrected chi connectivity index (χ2v) is 9.70. The summed E-state index contributed by atoms with van der Waals surface area (Å²) >= 11 is 0. The molecule has 3 amide bonds. The van der Waals surface area contributed by atoms with Crippen LogP contribution in [0.25, 0.3) is 10.9 Å². The second-order valence-electron chi connectivity index (χ2n) is 9.70. The summed E-state index contributed by atoms with van der Waals surface area (Å²) in [7, 11) is 0. The fourth-order valence-corrected chi connectivity index (χ4v) is 4.87. The molecule has 0 aliphatic carbocycles. The van der Waals surface area contributed by atoms with Gasteiger partial charge in [-0.1, -0.05) is 18.2 Å². The third-order valence-corrected chi connectivity index (χ3v) is 6.88. The number of nitrogens with one attached hydrogen (secondary N) is 4. The maximum absolute atomic E-state index is 13.4. The van der Waals surface area contributed by atoms with Gasteiger partial charge in [-0.05, 0) is 24.5 Å². The molecule has 3 aromatic rings. The third kappa shape index (κ3) is 6.64. The van der Waals surface area contributed by atoms with Crippen LogP contribution in [-0.4, -0.2) is 90.4 Å². The van der Waals surface area contributed by atoms with Gasteiger partial charge in [-0.25, -0.2) is 9.78 Å². The molecular weight excluding hydrogens is 522 g/mol. The highest BCUT2D eigenvalue weighted by molar-refractivity contribution is 5.96. The maximum atomic E-state index is 13.4. The third-order valence-electron chi connectivity index (χ3n) is 6.88. The largest absolute Gasteiger partial charge is 0.481 e. The zero-order valence-corrected chi connectivity index (χ0v) is 21.5. The highest BCUT2D eigenvalue weighted by atomic mass is 16.4. The van der Waals surface area contributed by atoms with E-state index in [0.717, 1.165) is 10.9 Å². The monoisotopic (exact) mass is 553 g/mol. The van der Waals surface area contributed by atoms with Gasteiger partial charge in [0, 0.05) is 48.4 Å². The number of likely N-dealkylation sites (tertiary alicyclic amines) is 1. The van der Waals surface area contributed by atoms with E-state index in [1.54, 1.807) is 6.20 Å². The summed E-state index contributed by atoms with van der Waals surface area (Å²) in [5.74, 6) is -4.73. The fraction of sp³-hybridized carbons (Fsp3) is 0.385. The Balaban J connectivity index is 1.44. The number of carboxylic acid groups (broad SMARTS) is 2. The number of benzene rings is 1. The van der Waals surface area contributed by atoms with Gasteiger partial charge in [-0.15, -0.1) is 0 Å². The van der Waals surface area contributed by atoms with E-state index in [1.807, 2.05) is 24.3 Å². The number of rotatable bonds is 12. The van der Waals surface area contributed by atoms with Gasteiger partial charge in [-0.3, -0.25) is 19.2 Å². The first-order chi connectivity index (χ1) is 19.1. The van der Waals surface area contributed by atoms with Crippen molar-refractivity contribution in [2.24, 2.45) is 5.73 Å². The highest BCUT2D eigenvalue weighted by Gasteiger charge is 2.40. The topological polar surface area (TPSA) is 224 Å². The summed E-state index contributed by atoms with van der Waals surface area (Å²) in [5.41, 5.74) is 8.06. The van der Waals surface area contributed by atoms with Crippen molar-refractivity contribution in [2.75, 3.05) is 6.54 Å². The number of para-hydroxylation sites is 1. The minimum Gasteiger partial charge on any atom is -0.481 e. The van der Waals surface area contributed by atoms with Crippen molar-refractivity contribution in [1.82, 2.24) is 30.5 Å². The lowest BCUT2D eigenvalue weighted by molar-refractivity contribution is -0.147. The summed E-state index contributed by atoms with van der Waals surface area (Å²) < 4.78 is 0. The van der Waals surface area contributed by atoms with Crippen molar-refractivity contribution in [3.8, 4) is 0 Å². The molecule has 3 heterocycles. The van der Waals surface area contributed by atoms with E-state index in [-0.39, 0.29) is 25.8 Å². The summed E-state index contributed by atoms with van der Waals surface area (Å²) in [6, 6.07) is 2.53. The molecule has 1 aliphatic rings. The van der Waals surface area contributed by atoms with Crippen LogP contribution >= 0.6 is 0 Å². The summed E-state index contributed by atoms with van der Waals surface area (Å²) in [6.45, 7) is 0.142. The molecule has 2 aromatic heterocycles. The van der Waals surface area contributed by atoms with Gasteiger partial charge in [0.25, 0.3) is 0 Å². The molecule has 1 aromatic carbocycles. The van der Waals surface area contributed by atoms with Crippen LogP contribution in [0.2, 0.25) is 0 Å². The molecule has 0 spiro atoms. The van der Waals surface area contributed by atoms with Gasteiger partial charge >= 0.3 is 11.9 Å². The number of aliphatic carboxylic acids is 2. The first-order valence-electron chi connectivity index (χ1n) is 12.8. The Kier molecular flexibility index (Phi) is 8.79. The molecule has 14 nitrogen and oxygen atoms in total. The SMILES string of the molecule is NC(Cc1cnc[nH]1)C(=O)NC(CC(=O)O)C(=O)N1CCCC1C(=O)NC(Cc1c[nH]c2ccccc12)C(=O)O. The molecule has 0 saturated carbocycles. The molecule has 4 rings (SSSR count). The van der Waals surface area contributed by atoms with E-state index in [4.69, 9.17) is 5.73 Å². The second kappa shape index (κ2) is 12.4. The molecule has 4 atom stereocenters. The Bertz CT molecular complexity index is 1390. The van der Waals surface area contributed by atoms with Gasteiger partial charge in [0.1, 0.15) is 18.1 Å². The number of nitrogens with zero attached hydrogens (tertiary/aromatic N) is 2. The lowest BCUT2D eigenvalue weighted by atomic mass is 10.0.